The van der Waals surface area contributed by atoms with Gasteiger partial charge in [0.15, 0.2) is 0 Å². The number of halogens is 1. The zero-order valence-corrected chi connectivity index (χ0v) is 16.5. The number of carbonyl (C=O) groups excluding carboxylic acids is 1. The van der Waals surface area contributed by atoms with Gasteiger partial charge in [-0.1, -0.05) is 0 Å². The SMILES string of the molecule is C#C[C@](C)(CC)NC(=O)c1cccnc1[AsH]c1ccc(F)c(OC)c1. The van der Waals surface area contributed by atoms with E-state index in [9.17, 15) is 9.18 Å². The Balaban J connectivity index is 2.29. The van der Waals surface area contributed by atoms with Crippen LogP contribution in [-0.4, -0.2) is 39.3 Å². The van der Waals surface area contributed by atoms with Crippen LogP contribution in [0.4, 0.5) is 4.39 Å². The molecule has 0 bridgehead atoms. The molecule has 25 heavy (non-hydrogen) atoms. The summed E-state index contributed by atoms with van der Waals surface area (Å²) in [6.45, 7) is 3.73. The number of hydrogen-bond acceptors (Lipinski definition) is 3. The van der Waals surface area contributed by atoms with Gasteiger partial charge in [0.05, 0.1) is 0 Å². The Morgan fingerprint density at radius 2 is 2.24 bits per heavy atom. The maximum atomic E-state index is 13.6. The first kappa shape index (κ1) is 19.0. The van der Waals surface area contributed by atoms with Crippen molar-refractivity contribution < 1.29 is 13.9 Å². The maximum absolute atomic E-state index is 13.6. The van der Waals surface area contributed by atoms with Crippen molar-refractivity contribution in [3.05, 3.63) is 47.9 Å². The molecule has 0 aliphatic carbocycles. The zero-order valence-electron chi connectivity index (χ0n) is 14.4. The van der Waals surface area contributed by atoms with Crippen molar-refractivity contribution in [1.82, 2.24) is 10.3 Å². The molecule has 6 heteroatoms. The minimum atomic E-state index is -0.942. The van der Waals surface area contributed by atoms with Gasteiger partial charge in [0, 0.05) is 0 Å². The monoisotopic (exact) mass is 402 g/mol. The quantitative estimate of drug-likeness (QED) is 0.583. The molecule has 0 saturated carbocycles. The predicted octanol–water partition coefficient (Wildman–Crippen LogP) is 1.15. The van der Waals surface area contributed by atoms with Gasteiger partial charge in [-0.15, -0.1) is 0 Å². The molecule has 1 amide bonds. The van der Waals surface area contributed by atoms with Gasteiger partial charge < -0.3 is 0 Å². The van der Waals surface area contributed by atoms with E-state index in [0.29, 0.717) is 16.5 Å². The van der Waals surface area contributed by atoms with Gasteiger partial charge in [-0.05, 0) is 0 Å². The number of terminal acetylenes is 1. The molecule has 0 saturated heterocycles. The van der Waals surface area contributed by atoms with E-state index >= 15 is 0 Å². The number of amides is 1. The Bertz CT molecular complexity index is 819. The Labute approximate surface area is 153 Å². The fraction of sp³-hybridized carbons (Fsp3) is 0.263. The number of nitrogens with one attached hydrogen (secondary N) is 1. The number of nitrogens with zero attached hydrogens (tertiary/aromatic N) is 1. The standard InChI is InChI=1S/C19H20AsFN2O2/c1-5-19(3,6-2)23-18(24)14-8-7-11-22-17(14)20-13-9-10-15(21)16(12-13)25-4/h1,7-12,20H,6H2,2-4H3,(H,23,24)/t19-/m1/s1. The average Bonchev–Trinajstić information content (AvgIpc) is 2.63. The van der Waals surface area contributed by atoms with Gasteiger partial charge >= 0.3 is 154 Å². The second kappa shape index (κ2) is 8.18. The summed E-state index contributed by atoms with van der Waals surface area (Å²) in [5.74, 6) is 2.15. The summed E-state index contributed by atoms with van der Waals surface area (Å²) in [5.41, 5.74) is -0.204. The third-order valence-electron chi connectivity index (χ3n) is 3.88. The van der Waals surface area contributed by atoms with Crippen LogP contribution in [0.15, 0.2) is 36.5 Å². The summed E-state index contributed by atoms with van der Waals surface area (Å²) in [5, 5.41) is 2.89. The second-order valence-electron chi connectivity index (χ2n) is 5.66. The molecule has 0 spiro atoms. The Morgan fingerprint density at radius 3 is 2.88 bits per heavy atom. The first-order chi connectivity index (χ1) is 11.9. The van der Waals surface area contributed by atoms with E-state index in [0.717, 1.165) is 4.35 Å². The van der Waals surface area contributed by atoms with E-state index in [-0.39, 0.29) is 11.7 Å². The van der Waals surface area contributed by atoms with Crippen molar-refractivity contribution in [3.63, 3.8) is 0 Å². The topological polar surface area (TPSA) is 51.2 Å². The second-order valence-corrected chi connectivity index (χ2v) is 8.39. The van der Waals surface area contributed by atoms with Crippen LogP contribution in [0.25, 0.3) is 0 Å². The molecule has 1 aromatic heterocycles. The van der Waals surface area contributed by atoms with Gasteiger partial charge in [-0.25, -0.2) is 0 Å². The Hall–Kier alpha value is -2.31. The number of ether oxygens (including phenoxy) is 1. The summed E-state index contributed by atoms with van der Waals surface area (Å²) in [6, 6.07) is 8.17. The number of rotatable bonds is 6. The van der Waals surface area contributed by atoms with Crippen molar-refractivity contribution in [2.75, 3.05) is 7.11 Å². The molecular formula is C19H20AsFN2O2. The van der Waals surface area contributed by atoms with Crippen LogP contribution in [-0.2, 0) is 0 Å². The van der Waals surface area contributed by atoms with Gasteiger partial charge in [0.1, 0.15) is 0 Å². The molecule has 2 aromatic rings. The third kappa shape index (κ3) is 4.61. The first-order valence-electron chi connectivity index (χ1n) is 7.78. The molecule has 2 atom stereocenters. The molecule has 4 nitrogen and oxygen atoms in total. The zero-order chi connectivity index (χ0) is 18.4. The molecule has 0 radical (unpaired) electrons. The van der Waals surface area contributed by atoms with Crippen molar-refractivity contribution in [3.8, 4) is 18.1 Å². The average molecular weight is 402 g/mol. The normalized spacial score (nSPS) is 13.2. The number of carbonyl (C=O) groups is 1. The minimum absolute atomic E-state index is 0.189. The first-order valence-corrected chi connectivity index (χ1v) is 9.88. The molecule has 0 fully saturated rings. The number of aromatic nitrogens is 1. The van der Waals surface area contributed by atoms with E-state index in [1.54, 1.807) is 30.5 Å². The molecule has 1 N–H and O–H groups in total. The molecule has 2 rings (SSSR count). The van der Waals surface area contributed by atoms with Gasteiger partial charge in [-0.3, -0.25) is 0 Å². The molecule has 1 heterocycles. The number of hydrogen-bond donors (Lipinski definition) is 1. The summed E-state index contributed by atoms with van der Waals surface area (Å²) < 4.78 is 20.2. The van der Waals surface area contributed by atoms with Gasteiger partial charge in [0.25, 0.3) is 0 Å². The number of methoxy groups -OCH3 is 1. The van der Waals surface area contributed by atoms with Crippen molar-refractivity contribution in [1.29, 1.82) is 0 Å². The third-order valence-corrected chi connectivity index (χ3v) is 6.47. The van der Waals surface area contributed by atoms with E-state index in [1.165, 1.54) is 13.2 Å². The number of pyridine rings is 1. The van der Waals surface area contributed by atoms with Gasteiger partial charge in [-0.2, -0.15) is 0 Å². The molecule has 130 valence electrons. The molecule has 1 aromatic carbocycles. The van der Waals surface area contributed by atoms with E-state index in [4.69, 9.17) is 11.2 Å². The van der Waals surface area contributed by atoms with Crippen molar-refractivity contribution >= 4 is 30.5 Å². The van der Waals surface area contributed by atoms with E-state index in [1.807, 2.05) is 13.8 Å². The molecular weight excluding hydrogens is 382 g/mol. The van der Waals surface area contributed by atoms with Crippen LogP contribution in [0.1, 0.15) is 30.6 Å². The summed E-state index contributed by atoms with van der Waals surface area (Å²) >= 11 is -0.942. The van der Waals surface area contributed by atoms with Crippen LogP contribution in [0, 0.1) is 18.2 Å². The van der Waals surface area contributed by atoms with Gasteiger partial charge in [0.2, 0.25) is 0 Å². The molecule has 0 aliphatic heterocycles. The molecule has 1 unspecified atom stereocenters. The van der Waals surface area contributed by atoms with E-state index < -0.39 is 27.1 Å². The summed E-state index contributed by atoms with van der Waals surface area (Å²) in [4.78, 5) is 17.0. The van der Waals surface area contributed by atoms with Crippen LogP contribution < -0.4 is 18.9 Å². The van der Waals surface area contributed by atoms with Crippen molar-refractivity contribution in [2.45, 2.75) is 25.8 Å². The van der Waals surface area contributed by atoms with Crippen LogP contribution in [0.2, 0.25) is 0 Å². The fourth-order valence-electron chi connectivity index (χ4n) is 2.11. The molecule has 0 aliphatic rings. The summed E-state index contributed by atoms with van der Waals surface area (Å²) in [6.07, 6.45) is 7.80. The Kier molecular flexibility index (Phi) is 6.22. The van der Waals surface area contributed by atoms with E-state index in [2.05, 4.69) is 16.2 Å². The van der Waals surface area contributed by atoms with Crippen LogP contribution >= 0.6 is 0 Å². The Morgan fingerprint density at radius 1 is 1.48 bits per heavy atom. The summed E-state index contributed by atoms with van der Waals surface area (Å²) in [7, 11) is 1.42. The van der Waals surface area contributed by atoms with Crippen LogP contribution in [0.5, 0.6) is 5.75 Å². The van der Waals surface area contributed by atoms with Crippen LogP contribution in [0.3, 0.4) is 0 Å². The predicted molar refractivity (Wildman–Crippen MR) is 98.6 cm³/mol. The number of benzene rings is 1. The van der Waals surface area contributed by atoms with Crippen molar-refractivity contribution in [2.24, 2.45) is 0 Å². The fourth-order valence-corrected chi connectivity index (χ4v) is 4.44.